The summed E-state index contributed by atoms with van der Waals surface area (Å²) in [6.07, 6.45) is 22.1. The van der Waals surface area contributed by atoms with Gasteiger partial charge in [0.05, 0.1) is 24.6 Å². The van der Waals surface area contributed by atoms with E-state index < -0.39 is 0 Å². The summed E-state index contributed by atoms with van der Waals surface area (Å²) < 4.78 is 17.7. The van der Waals surface area contributed by atoms with E-state index in [2.05, 4.69) is 35.0 Å². The monoisotopic (exact) mass is 524 g/mol. The van der Waals surface area contributed by atoms with Crippen LogP contribution in [0.2, 0.25) is 0 Å². The Kier molecular flexibility index (Phi) is 17.3. The van der Waals surface area contributed by atoms with Gasteiger partial charge in [0.25, 0.3) is 0 Å². The molecule has 1 aromatic carbocycles. The maximum atomic E-state index is 6.04. The molecule has 0 bridgehead atoms. The number of unbranched alkanes of at least 4 members (excludes halogenated alkanes) is 14. The normalized spacial score (nSPS) is 19.2. The predicted molar refractivity (Wildman–Crippen MR) is 143 cm³/mol. The standard InChI is InChI=1S/C29H49BrO3/c1-2-3-4-5-6-7-8-9-10-11-12-13-14-15-19-22-28(30)29-32-25-27(33-29)24-31-23-26-20-17-16-18-21-26/h16-18,20-21,27-29H,2-15,19,22-25H2,1H3. The van der Waals surface area contributed by atoms with Gasteiger partial charge in [-0.05, 0) is 12.0 Å². The van der Waals surface area contributed by atoms with Gasteiger partial charge in [-0.3, -0.25) is 0 Å². The molecular formula is C29H49BrO3. The third-order valence-corrected chi connectivity index (χ3v) is 7.46. The lowest BCUT2D eigenvalue weighted by atomic mass is 10.0. The zero-order valence-electron chi connectivity index (χ0n) is 21.2. The van der Waals surface area contributed by atoms with Gasteiger partial charge in [-0.15, -0.1) is 0 Å². The zero-order chi connectivity index (χ0) is 23.4. The summed E-state index contributed by atoms with van der Waals surface area (Å²) in [5, 5.41) is 0. The van der Waals surface area contributed by atoms with Gasteiger partial charge in [0, 0.05) is 0 Å². The largest absolute Gasteiger partial charge is 0.374 e. The van der Waals surface area contributed by atoms with Crippen molar-refractivity contribution in [2.75, 3.05) is 13.2 Å². The molecule has 1 aromatic rings. The minimum atomic E-state index is -0.137. The number of hydrogen-bond donors (Lipinski definition) is 0. The number of ether oxygens (including phenoxy) is 3. The van der Waals surface area contributed by atoms with Crippen LogP contribution in [0, 0.1) is 0 Å². The fourth-order valence-electron chi connectivity index (χ4n) is 4.48. The Morgan fingerprint density at radius 3 is 1.94 bits per heavy atom. The van der Waals surface area contributed by atoms with Crippen molar-refractivity contribution >= 4 is 15.9 Å². The van der Waals surface area contributed by atoms with Gasteiger partial charge >= 0.3 is 0 Å². The molecule has 0 amide bonds. The van der Waals surface area contributed by atoms with Gasteiger partial charge in [0.1, 0.15) is 6.10 Å². The van der Waals surface area contributed by atoms with Crippen molar-refractivity contribution in [1.82, 2.24) is 0 Å². The molecular weight excluding hydrogens is 476 g/mol. The number of benzene rings is 1. The van der Waals surface area contributed by atoms with Crippen LogP contribution in [0.4, 0.5) is 0 Å². The molecule has 2 rings (SSSR count). The molecule has 0 N–H and O–H groups in total. The van der Waals surface area contributed by atoms with Crippen LogP contribution in [0.1, 0.15) is 115 Å². The maximum absolute atomic E-state index is 6.04. The first kappa shape index (κ1) is 28.8. The number of halogens is 1. The summed E-state index contributed by atoms with van der Waals surface area (Å²) in [6, 6.07) is 10.3. The molecule has 1 saturated heterocycles. The molecule has 3 atom stereocenters. The Morgan fingerprint density at radius 2 is 1.36 bits per heavy atom. The van der Waals surface area contributed by atoms with Crippen molar-refractivity contribution in [2.45, 2.75) is 133 Å². The van der Waals surface area contributed by atoms with Gasteiger partial charge < -0.3 is 14.2 Å². The average Bonchev–Trinajstić information content (AvgIpc) is 3.31. The Morgan fingerprint density at radius 1 is 0.818 bits per heavy atom. The van der Waals surface area contributed by atoms with Crippen LogP contribution in [0.15, 0.2) is 30.3 Å². The smallest absolute Gasteiger partial charge is 0.170 e. The van der Waals surface area contributed by atoms with Crippen LogP contribution >= 0.6 is 15.9 Å². The van der Waals surface area contributed by atoms with Gasteiger partial charge in [0.2, 0.25) is 0 Å². The lowest BCUT2D eigenvalue weighted by Crippen LogP contribution is -2.24. The van der Waals surface area contributed by atoms with Crippen LogP contribution in [-0.4, -0.2) is 30.4 Å². The molecule has 33 heavy (non-hydrogen) atoms. The van der Waals surface area contributed by atoms with E-state index in [9.17, 15) is 0 Å². The lowest BCUT2D eigenvalue weighted by Gasteiger charge is -2.17. The Bertz CT molecular complexity index is 553. The molecule has 0 aliphatic carbocycles. The van der Waals surface area contributed by atoms with E-state index in [1.807, 2.05) is 18.2 Å². The van der Waals surface area contributed by atoms with Gasteiger partial charge in [-0.2, -0.15) is 0 Å². The molecule has 0 saturated carbocycles. The van der Waals surface area contributed by atoms with Crippen molar-refractivity contribution < 1.29 is 14.2 Å². The quantitative estimate of drug-likeness (QED) is 0.118. The highest BCUT2D eigenvalue weighted by atomic mass is 79.9. The molecule has 0 aromatic heterocycles. The highest BCUT2D eigenvalue weighted by Gasteiger charge is 2.31. The molecule has 0 radical (unpaired) electrons. The minimum absolute atomic E-state index is 0.0415. The van der Waals surface area contributed by atoms with Gasteiger partial charge in [-0.1, -0.05) is 149 Å². The van der Waals surface area contributed by atoms with Crippen molar-refractivity contribution in [3.05, 3.63) is 35.9 Å². The van der Waals surface area contributed by atoms with E-state index in [0.717, 1.165) is 6.42 Å². The lowest BCUT2D eigenvalue weighted by molar-refractivity contribution is -0.0722. The number of rotatable bonds is 21. The van der Waals surface area contributed by atoms with Gasteiger partial charge in [-0.25, -0.2) is 0 Å². The van der Waals surface area contributed by atoms with Crippen LogP contribution in [-0.2, 0) is 20.8 Å². The summed E-state index contributed by atoms with van der Waals surface area (Å²) in [6.45, 7) is 4.13. The maximum Gasteiger partial charge on any atom is 0.170 e. The highest BCUT2D eigenvalue weighted by molar-refractivity contribution is 9.09. The van der Waals surface area contributed by atoms with E-state index in [4.69, 9.17) is 14.2 Å². The fraction of sp³-hybridized carbons (Fsp3) is 0.793. The summed E-state index contributed by atoms with van der Waals surface area (Å²) in [5.74, 6) is 0. The summed E-state index contributed by atoms with van der Waals surface area (Å²) in [5.41, 5.74) is 1.19. The van der Waals surface area contributed by atoms with Crippen molar-refractivity contribution in [3.8, 4) is 0 Å². The molecule has 190 valence electrons. The summed E-state index contributed by atoms with van der Waals surface area (Å²) in [4.78, 5) is 0.276. The third kappa shape index (κ3) is 14.5. The van der Waals surface area contributed by atoms with Crippen molar-refractivity contribution in [2.24, 2.45) is 0 Å². The van der Waals surface area contributed by atoms with E-state index in [-0.39, 0.29) is 17.2 Å². The fourth-order valence-corrected chi connectivity index (χ4v) is 5.08. The number of hydrogen-bond acceptors (Lipinski definition) is 3. The van der Waals surface area contributed by atoms with E-state index in [1.165, 1.54) is 102 Å². The van der Waals surface area contributed by atoms with Crippen LogP contribution in [0.3, 0.4) is 0 Å². The SMILES string of the molecule is CCCCCCCCCCCCCCCCCC(Br)C1OCC(COCc2ccccc2)O1. The number of alkyl halides is 1. The molecule has 1 aliphatic heterocycles. The first-order valence-electron chi connectivity index (χ1n) is 13.8. The first-order valence-corrected chi connectivity index (χ1v) is 14.7. The molecule has 0 spiro atoms. The molecule has 4 heteroatoms. The third-order valence-electron chi connectivity index (χ3n) is 6.57. The minimum Gasteiger partial charge on any atom is -0.374 e. The molecule has 3 unspecified atom stereocenters. The molecule has 1 fully saturated rings. The summed E-state index contributed by atoms with van der Waals surface area (Å²) in [7, 11) is 0. The van der Waals surface area contributed by atoms with E-state index >= 15 is 0 Å². The predicted octanol–water partition coefficient (Wildman–Crippen LogP) is 8.97. The highest BCUT2D eigenvalue weighted by Crippen LogP contribution is 2.25. The molecule has 1 heterocycles. The van der Waals surface area contributed by atoms with Gasteiger partial charge in [0.15, 0.2) is 6.29 Å². The second kappa shape index (κ2) is 19.8. The summed E-state index contributed by atoms with van der Waals surface area (Å²) >= 11 is 3.79. The zero-order valence-corrected chi connectivity index (χ0v) is 22.7. The van der Waals surface area contributed by atoms with Crippen LogP contribution < -0.4 is 0 Å². The molecule has 1 aliphatic rings. The van der Waals surface area contributed by atoms with E-state index in [1.54, 1.807) is 0 Å². The Balaban J connectivity index is 1.34. The second-order valence-electron chi connectivity index (χ2n) is 9.71. The topological polar surface area (TPSA) is 27.7 Å². The van der Waals surface area contributed by atoms with Crippen LogP contribution in [0.5, 0.6) is 0 Å². The van der Waals surface area contributed by atoms with Crippen LogP contribution in [0.25, 0.3) is 0 Å². The second-order valence-corrected chi connectivity index (χ2v) is 10.9. The Hall–Kier alpha value is -0.420. The first-order chi connectivity index (χ1) is 16.3. The van der Waals surface area contributed by atoms with Crippen molar-refractivity contribution in [3.63, 3.8) is 0 Å². The van der Waals surface area contributed by atoms with Crippen molar-refractivity contribution in [1.29, 1.82) is 0 Å². The Labute approximate surface area is 212 Å². The molecule has 3 nitrogen and oxygen atoms in total. The van der Waals surface area contributed by atoms with E-state index in [0.29, 0.717) is 19.8 Å². The average molecular weight is 526 g/mol.